The Hall–Kier alpha value is -2.45. The minimum atomic E-state index is -0.425. The standard InChI is InChI=1S/C16H11BrN2O4S/c1-23-14-8-11(17)9(6-13(14)20)2-5-16-18-12-4-3-10(19(21)22)7-15(12)24-16/h2-8,20H,1H3/b5-2+. The summed E-state index contributed by atoms with van der Waals surface area (Å²) in [4.78, 5) is 14.8. The van der Waals surface area contributed by atoms with Crippen molar-refractivity contribution in [3.05, 3.63) is 55.5 Å². The highest BCUT2D eigenvalue weighted by Gasteiger charge is 2.10. The van der Waals surface area contributed by atoms with E-state index in [1.54, 1.807) is 30.4 Å². The quantitative estimate of drug-likeness (QED) is 0.494. The number of phenolic OH excluding ortho intramolecular Hbond substituents is 1. The van der Waals surface area contributed by atoms with Gasteiger partial charge in [-0.15, -0.1) is 11.3 Å². The molecule has 0 spiro atoms. The van der Waals surface area contributed by atoms with Crippen molar-refractivity contribution in [1.82, 2.24) is 4.98 Å². The van der Waals surface area contributed by atoms with Gasteiger partial charge >= 0.3 is 0 Å². The molecule has 2 aromatic carbocycles. The molecule has 0 aliphatic heterocycles. The molecule has 24 heavy (non-hydrogen) atoms. The first-order valence-electron chi connectivity index (χ1n) is 6.77. The molecule has 8 heteroatoms. The van der Waals surface area contributed by atoms with E-state index in [0.29, 0.717) is 16.3 Å². The molecule has 0 fully saturated rings. The lowest BCUT2D eigenvalue weighted by Gasteiger charge is -2.06. The molecule has 1 aromatic heterocycles. The van der Waals surface area contributed by atoms with Crippen LogP contribution in [0.4, 0.5) is 5.69 Å². The summed E-state index contributed by atoms with van der Waals surface area (Å²) in [6.45, 7) is 0. The fourth-order valence-corrected chi connectivity index (χ4v) is 3.49. The van der Waals surface area contributed by atoms with Crippen LogP contribution in [-0.2, 0) is 0 Å². The van der Waals surface area contributed by atoms with E-state index in [4.69, 9.17) is 4.74 Å². The third kappa shape index (κ3) is 3.24. The fourth-order valence-electron chi connectivity index (χ4n) is 2.13. The number of non-ortho nitro benzene ring substituents is 1. The first kappa shape index (κ1) is 16.4. The van der Waals surface area contributed by atoms with Gasteiger partial charge in [0.25, 0.3) is 5.69 Å². The number of thiazole rings is 1. The monoisotopic (exact) mass is 406 g/mol. The van der Waals surface area contributed by atoms with E-state index in [-0.39, 0.29) is 11.4 Å². The number of nitrogens with zero attached hydrogens (tertiary/aromatic N) is 2. The third-order valence-corrected chi connectivity index (χ3v) is 4.97. The number of benzene rings is 2. The number of rotatable bonds is 4. The van der Waals surface area contributed by atoms with Crippen LogP contribution in [0.1, 0.15) is 10.6 Å². The highest BCUT2D eigenvalue weighted by atomic mass is 79.9. The summed E-state index contributed by atoms with van der Waals surface area (Å²) in [5.41, 5.74) is 1.52. The maximum absolute atomic E-state index is 10.8. The van der Waals surface area contributed by atoms with Gasteiger partial charge in [-0.3, -0.25) is 10.1 Å². The fraction of sp³-hybridized carbons (Fsp3) is 0.0625. The van der Waals surface area contributed by atoms with E-state index >= 15 is 0 Å². The topological polar surface area (TPSA) is 85.5 Å². The van der Waals surface area contributed by atoms with Crippen LogP contribution in [0.25, 0.3) is 22.4 Å². The molecule has 0 amide bonds. The molecule has 0 radical (unpaired) electrons. The summed E-state index contributed by atoms with van der Waals surface area (Å²) in [5, 5.41) is 21.4. The first-order chi connectivity index (χ1) is 11.5. The van der Waals surface area contributed by atoms with Gasteiger partial charge in [0.15, 0.2) is 11.5 Å². The lowest BCUT2D eigenvalue weighted by Crippen LogP contribution is -1.85. The molecule has 3 aromatic rings. The second kappa shape index (κ2) is 6.58. The Morgan fingerprint density at radius 3 is 2.83 bits per heavy atom. The molecule has 0 aliphatic carbocycles. The molecule has 122 valence electrons. The third-order valence-electron chi connectivity index (χ3n) is 3.30. The van der Waals surface area contributed by atoms with Gasteiger partial charge in [0.2, 0.25) is 0 Å². The van der Waals surface area contributed by atoms with E-state index in [1.165, 1.54) is 30.6 Å². The molecule has 0 saturated heterocycles. The molecular formula is C16H11BrN2O4S. The predicted molar refractivity (Wildman–Crippen MR) is 97.6 cm³/mol. The Morgan fingerprint density at radius 1 is 1.33 bits per heavy atom. The highest BCUT2D eigenvalue weighted by molar-refractivity contribution is 9.10. The Morgan fingerprint density at radius 2 is 2.12 bits per heavy atom. The van der Waals surface area contributed by atoms with Crippen LogP contribution in [0, 0.1) is 10.1 Å². The Labute approximate surface area is 149 Å². The van der Waals surface area contributed by atoms with Gasteiger partial charge < -0.3 is 9.84 Å². The lowest BCUT2D eigenvalue weighted by molar-refractivity contribution is -0.384. The van der Waals surface area contributed by atoms with E-state index < -0.39 is 4.92 Å². The van der Waals surface area contributed by atoms with Gasteiger partial charge in [-0.2, -0.15) is 0 Å². The average Bonchev–Trinajstić information content (AvgIpc) is 2.97. The molecule has 0 atom stereocenters. The van der Waals surface area contributed by atoms with Crippen LogP contribution in [-0.4, -0.2) is 22.1 Å². The predicted octanol–water partition coefficient (Wildman–Crippen LogP) is 4.85. The Bertz CT molecular complexity index is 968. The molecule has 1 N–H and O–H groups in total. The van der Waals surface area contributed by atoms with E-state index in [2.05, 4.69) is 20.9 Å². The lowest BCUT2D eigenvalue weighted by atomic mass is 10.2. The smallest absolute Gasteiger partial charge is 0.270 e. The van der Waals surface area contributed by atoms with Crippen molar-refractivity contribution in [3.8, 4) is 11.5 Å². The zero-order chi connectivity index (χ0) is 17.3. The Kier molecular flexibility index (Phi) is 4.50. The summed E-state index contributed by atoms with van der Waals surface area (Å²) in [7, 11) is 1.48. The number of hydrogen-bond acceptors (Lipinski definition) is 6. The van der Waals surface area contributed by atoms with E-state index in [1.807, 2.05) is 0 Å². The van der Waals surface area contributed by atoms with Crippen LogP contribution in [0.2, 0.25) is 0 Å². The number of nitro groups is 1. The van der Waals surface area contributed by atoms with Crippen LogP contribution >= 0.6 is 27.3 Å². The molecule has 3 rings (SSSR count). The van der Waals surface area contributed by atoms with Crippen molar-refractivity contribution in [2.75, 3.05) is 7.11 Å². The largest absolute Gasteiger partial charge is 0.504 e. The summed E-state index contributed by atoms with van der Waals surface area (Å²) in [6.07, 6.45) is 3.60. The maximum Gasteiger partial charge on any atom is 0.270 e. The average molecular weight is 407 g/mol. The summed E-state index contributed by atoms with van der Waals surface area (Å²) >= 11 is 4.78. The van der Waals surface area contributed by atoms with Crippen molar-refractivity contribution in [2.24, 2.45) is 0 Å². The number of nitro benzene ring substituents is 1. The number of phenols is 1. The van der Waals surface area contributed by atoms with Crippen molar-refractivity contribution in [2.45, 2.75) is 0 Å². The molecule has 0 saturated carbocycles. The van der Waals surface area contributed by atoms with Gasteiger partial charge in [0.1, 0.15) is 5.01 Å². The number of ether oxygens (including phenoxy) is 1. The van der Waals surface area contributed by atoms with Gasteiger partial charge in [-0.25, -0.2) is 4.98 Å². The van der Waals surface area contributed by atoms with Crippen molar-refractivity contribution >= 4 is 55.3 Å². The van der Waals surface area contributed by atoms with Crippen molar-refractivity contribution in [1.29, 1.82) is 0 Å². The number of methoxy groups -OCH3 is 1. The van der Waals surface area contributed by atoms with Crippen LogP contribution in [0.3, 0.4) is 0 Å². The van der Waals surface area contributed by atoms with Crippen LogP contribution in [0.15, 0.2) is 34.8 Å². The zero-order valence-corrected chi connectivity index (χ0v) is 14.8. The number of fused-ring (bicyclic) bond motifs is 1. The normalized spacial score (nSPS) is 11.2. The van der Waals surface area contributed by atoms with Gasteiger partial charge in [0.05, 0.1) is 22.2 Å². The SMILES string of the molecule is COc1cc(Br)c(/C=C/c2nc3ccc([N+](=O)[O-])cc3s2)cc1O. The first-order valence-corrected chi connectivity index (χ1v) is 8.38. The van der Waals surface area contributed by atoms with Gasteiger partial charge in [-0.1, -0.05) is 22.0 Å². The minimum absolute atomic E-state index is 0.0419. The molecule has 0 bridgehead atoms. The molecular weight excluding hydrogens is 396 g/mol. The number of aromatic hydroxyl groups is 1. The number of halogens is 1. The molecule has 0 aliphatic rings. The molecule has 1 heterocycles. The van der Waals surface area contributed by atoms with Gasteiger partial charge in [-0.05, 0) is 29.8 Å². The number of hydrogen-bond donors (Lipinski definition) is 1. The molecule has 0 unspecified atom stereocenters. The number of aromatic nitrogens is 1. The summed E-state index contributed by atoms with van der Waals surface area (Å²) < 4.78 is 6.56. The van der Waals surface area contributed by atoms with Crippen molar-refractivity contribution < 1.29 is 14.8 Å². The second-order valence-electron chi connectivity index (χ2n) is 4.84. The van der Waals surface area contributed by atoms with Crippen LogP contribution in [0.5, 0.6) is 11.5 Å². The van der Waals surface area contributed by atoms with E-state index in [9.17, 15) is 15.2 Å². The second-order valence-corrected chi connectivity index (χ2v) is 6.76. The van der Waals surface area contributed by atoms with Crippen molar-refractivity contribution in [3.63, 3.8) is 0 Å². The van der Waals surface area contributed by atoms with Gasteiger partial charge in [0, 0.05) is 16.6 Å². The zero-order valence-electron chi connectivity index (χ0n) is 12.4. The molecule has 6 nitrogen and oxygen atoms in total. The summed E-state index contributed by atoms with van der Waals surface area (Å²) in [5.74, 6) is 0.423. The highest BCUT2D eigenvalue weighted by Crippen LogP contribution is 2.34. The van der Waals surface area contributed by atoms with E-state index in [0.717, 1.165) is 14.7 Å². The maximum atomic E-state index is 10.8. The minimum Gasteiger partial charge on any atom is -0.504 e. The summed E-state index contributed by atoms with van der Waals surface area (Å²) in [6, 6.07) is 7.85. The van der Waals surface area contributed by atoms with Crippen LogP contribution < -0.4 is 4.74 Å². The Balaban J connectivity index is 1.93.